The number of ether oxygens (including phenoxy) is 6. The normalized spacial score (nSPS) is 11.2. The lowest BCUT2D eigenvalue weighted by Gasteiger charge is -2.24. The highest BCUT2D eigenvalue weighted by Gasteiger charge is 2.20. The number of amides is 1. The lowest BCUT2D eigenvalue weighted by atomic mass is 10.2. The second-order valence-corrected chi connectivity index (χ2v) is 8.02. The summed E-state index contributed by atoms with van der Waals surface area (Å²) in [6.45, 7) is 12.1. The van der Waals surface area contributed by atoms with Crippen molar-refractivity contribution >= 4 is 17.8 Å². The Kier molecular flexibility index (Phi) is 18.3. The van der Waals surface area contributed by atoms with E-state index in [0.717, 1.165) is 0 Å². The van der Waals surface area contributed by atoms with Gasteiger partial charge in [-0.3, -0.25) is 14.4 Å². The number of hydrogen-bond acceptors (Lipinski definition) is 9. The molecule has 0 unspecified atom stereocenters. The van der Waals surface area contributed by atoms with Gasteiger partial charge in [-0.25, -0.2) is 0 Å². The van der Waals surface area contributed by atoms with Crippen LogP contribution in [0.3, 0.4) is 0 Å². The van der Waals surface area contributed by atoms with E-state index in [1.165, 1.54) is 11.0 Å². The molecule has 0 N–H and O–H groups in total. The standard InChI is InChI=1S/C23H41NO9/c1-6-12-32-21(26)7-10-24(11-8-22(27)33-23(2,3)4)20(25)9-13-29-16-17-31-19-18-30-15-14-28-5/h6H,1,7-19H2,2-5H3. The van der Waals surface area contributed by atoms with Gasteiger partial charge in [-0.2, -0.15) is 0 Å². The number of esters is 2. The van der Waals surface area contributed by atoms with E-state index in [9.17, 15) is 14.4 Å². The predicted molar refractivity (Wildman–Crippen MR) is 122 cm³/mol. The van der Waals surface area contributed by atoms with Crippen LogP contribution in [0.15, 0.2) is 12.7 Å². The molecule has 0 saturated heterocycles. The van der Waals surface area contributed by atoms with Crippen molar-refractivity contribution in [2.45, 2.75) is 45.6 Å². The number of hydrogen-bond donors (Lipinski definition) is 0. The van der Waals surface area contributed by atoms with Gasteiger partial charge in [0.2, 0.25) is 5.91 Å². The fourth-order valence-electron chi connectivity index (χ4n) is 2.43. The molecular weight excluding hydrogens is 434 g/mol. The average molecular weight is 476 g/mol. The molecule has 10 heteroatoms. The van der Waals surface area contributed by atoms with Gasteiger partial charge in [0, 0.05) is 20.2 Å². The molecule has 0 aromatic rings. The minimum atomic E-state index is -0.605. The largest absolute Gasteiger partial charge is 0.461 e. The van der Waals surface area contributed by atoms with Crippen molar-refractivity contribution in [3.63, 3.8) is 0 Å². The summed E-state index contributed by atoms with van der Waals surface area (Å²) in [5.74, 6) is -1.07. The zero-order valence-electron chi connectivity index (χ0n) is 20.6. The van der Waals surface area contributed by atoms with Crippen molar-refractivity contribution in [2.24, 2.45) is 0 Å². The van der Waals surface area contributed by atoms with Crippen molar-refractivity contribution < 1.29 is 42.8 Å². The minimum absolute atomic E-state index is 0.0229. The van der Waals surface area contributed by atoms with Gasteiger partial charge in [-0.15, -0.1) is 0 Å². The SMILES string of the molecule is C=CCOC(=O)CCN(CCC(=O)OC(C)(C)C)C(=O)CCOCCOCCOCCOC. The smallest absolute Gasteiger partial charge is 0.308 e. The minimum Gasteiger partial charge on any atom is -0.461 e. The summed E-state index contributed by atoms with van der Waals surface area (Å²) >= 11 is 0. The van der Waals surface area contributed by atoms with Crippen LogP contribution in [-0.4, -0.2) is 101 Å². The Morgan fingerprint density at radius 2 is 1.30 bits per heavy atom. The average Bonchev–Trinajstić information content (AvgIpc) is 2.74. The molecule has 0 spiro atoms. The number of methoxy groups -OCH3 is 1. The molecule has 0 fully saturated rings. The van der Waals surface area contributed by atoms with E-state index in [1.807, 2.05) is 0 Å². The molecule has 1 amide bonds. The Balaban J connectivity index is 4.28. The number of carbonyl (C=O) groups excluding carboxylic acids is 3. The van der Waals surface area contributed by atoms with Crippen molar-refractivity contribution in [3.8, 4) is 0 Å². The van der Waals surface area contributed by atoms with Crippen molar-refractivity contribution in [2.75, 3.05) is 73.1 Å². The van der Waals surface area contributed by atoms with E-state index in [1.54, 1.807) is 27.9 Å². The van der Waals surface area contributed by atoms with E-state index in [2.05, 4.69) is 6.58 Å². The Bertz CT molecular complexity index is 561. The maximum absolute atomic E-state index is 12.6. The van der Waals surface area contributed by atoms with Gasteiger partial charge >= 0.3 is 11.9 Å². The van der Waals surface area contributed by atoms with Crippen molar-refractivity contribution in [1.82, 2.24) is 4.90 Å². The molecule has 192 valence electrons. The van der Waals surface area contributed by atoms with Gasteiger partial charge in [0.15, 0.2) is 0 Å². The van der Waals surface area contributed by atoms with Crippen LogP contribution in [0.1, 0.15) is 40.0 Å². The molecular formula is C23H41NO9. The van der Waals surface area contributed by atoms with Crippen LogP contribution in [-0.2, 0) is 42.8 Å². The second kappa shape index (κ2) is 19.5. The maximum Gasteiger partial charge on any atom is 0.308 e. The molecule has 0 aliphatic heterocycles. The lowest BCUT2D eigenvalue weighted by Crippen LogP contribution is -2.36. The molecule has 0 rings (SSSR count). The maximum atomic E-state index is 12.6. The summed E-state index contributed by atoms with van der Waals surface area (Å²) in [5, 5.41) is 0. The van der Waals surface area contributed by atoms with Gasteiger partial charge in [0.1, 0.15) is 12.2 Å². The second-order valence-electron chi connectivity index (χ2n) is 8.02. The van der Waals surface area contributed by atoms with Crippen LogP contribution in [0.4, 0.5) is 0 Å². The zero-order valence-corrected chi connectivity index (χ0v) is 20.6. The summed E-state index contributed by atoms with van der Waals surface area (Å²) in [7, 11) is 1.61. The summed E-state index contributed by atoms with van der Waals surface area (Å²) in [5.41, 5.74) is -0.605. The first-order chi connectivity index (χ1) is 15.7. The predicted octanol–water partition coefficient (Wildman–Crippen LogP) is 1.75. The summed E-state index contributed by atoms with van der Waals surface area (Å²) in [6, 6.07) is 0. The molecule has 33 heavy (non-hydrogen) atoms. The third-order valence-electron chi connectivity index (χ3n) is 3.94. The molecule has 10 nitrogen and oxygen atoms in total. The Morgan fingerprint density at radius 3 is 1.82 bits per heavy atom. The van der Waals surface area contributed by atoms with E-state index in [-0.39, 0.29) is 51.5 Å². The Labute approximate surface area is 197 Å². The van der Waals surface area contributed by atoms with Crippen LogP contribution in [0, 0.1) is 0 Å². The number of rotatable bonds is 20. The van der Waals surface area contributed by atoms with E-state index >= 15 is 0 Å². The van der Waals surface area contributed by atoms with Crippen LogP contribution < -0.4 is 0 Å². The van der Waals surface area contributed by atoms with Gasteiger partial charge in [0.05, 0.1) is 65.5 Å². The molecule has 0 aromatic heterocycles. The van der Waals surface area contributed by atoms with Crippen LogP contribution in [0.25, 0.3) is 0 Å². The van der Waals surface area contributed by atoms with Crippen LogP contribution >= 0.6 is 0 Å². The zero-order chi connectivity index (χ0) is 25.0. The highest BCUT2D eigenvalue weighted by molar-refractivity contribution is 5.78. The van der Waals surface area contributed by atoms with E-state index in [4.69, 9.17) is 28.4 Å². The summed E-state index contributed by atoms with van der Waals surface area (Å²) < 4.78 is 31.2. The molecule has 0 atom stereocenters. The summed E-state index contributed by atoms with van der Waals surface area (Å²) in [6.07, 6.45) is 1.65. The Hall–Kier alpha value is -2.01. The highest BCUT2D eigenvalue weighted by atomic mass is 16.6. The fraction of sp³-hybridized carbons (Fsp3) is 0.783. The highest BCUT2D eigenvalue weighted by Crippen LogP contribution is 2.09. The van der Waals surface area contributed by atoms with Gasteiger partial charge in [0.25, 0.3) is 0 Å². The molecule has 0 saturated carbocycles. The van der Waals surface area contributed by atoms with Gasteiger partial charge < -0.3 is 33.3 Å². The quantitative estimate of drug-likeness (QED) is 0.148. The molecule has 0 heterocycles. The number of nitrogens with zero attached hydrogens (tertiary/aromatic N) is 1. The fourth-order valence-corrected chi connectivity index (χ4v) is 2.43. The molecule has 0 bridgehead atoms. The van der Waals surface area contributed by atoms with Gasteiger partial charge in [-0.1, -0.05) is 12.7 Å². The first-order valence-electron chi connectivity index (χ1n) is 11.2. The molecule has 0 aliphatic rings. The number of carbonyl (C=O) groups is 3. The first kappa shape index (κ1) is 31.0. The van der Waals surface area contributed by atoms with Crippen molar-refractivity contribution in [3.05, 3.63) is 12.7 Å². The van der Waals surface area contributed by atoms with Crippen molar-refractivity contribution in [1.29, 1.82) is 0 Å². The molecule has 0 aromatic carbocycles. The Morgan fingerprint density at radius 1 is 0.788 bits per heavy atom. The topological polar surface area (TPSA) is 110 Å². The lowest BCUT2D eigenvalue weighted by molar-refractivity contribution is -0.155. The summed E-state index contributed by atoms with van der Waals surface area (Å²) in [4.78, 5) is 37.8. The van der Waals surface area contributed by atoms with Crippen LogP contribution in [0.5, 0.6) is 0 Å². The van der Waals surface area contributed by atoms with Gasteiger partial charge in [-0.05, 0) is 20.8 Å². The molecule has 0 radical (unpaired) electrons. The van der Waals surface area contributed by atoms with Crippen LogP contribution in [0.2, 0.25) is 0 Å². The third-order valence-corrected chi connectivity index (χ3v) is 3.94. The van der Waals surface area contributed by atoms with E-state index < -0.39 is 17.5 Å². The van der Waals surface area contributed by atoms with E-state index in [0.29, 0.717) is 39.6 Å². The first-order valence-corrected chi connectivity index (χ1v) is 11.2. The molecule has 0 aliphatic carbocycles. The monoisotopic (exact) mass is 475 g/mol. The third kappa shape index (κ3) is 20.3.